The van der Waals surface area contributed by atoms with Crippen molar-refractivity contribution in [2.24, 2.45) is 0 Å². The number of rotatable bonds is 12. The molecule has 0 spiro atoms. The molecule has 0 heterocycles. The number of amides is 2. The van der Waals surface area contributed by atoms with Crippen molar-refractivity contribution in [3.05, 3.63) is 88.9 Å². The normalized spacial score (nSPS) is 14.3. The average molecular weight is 612 g/mol. The molecule has 1 aliphatic carbocycles. The predicted octanol–water partition coefficient (Wildman–Crippen LogP) is 5.72. The third-order valence-corrected chi connectivity index (χ3v) is 9.58. The Labute approximate surface area is 253 Å². The van der Waals surface area contributed by atoms with Crippen molar-refractivity contribution < 1.29 is 22.7 Å². The van der Waals surface area contributed by atoms with E-state index < -0.39 is 28.5 Å². The maximum absolute atomic E-state index is 14.2. The molecule has 1 saturated carbocycles. The van der Waals surface area contributed by atoms with Crippen molar-refractivity contribution >= 4 is 39.1 Å². The van der Waals surface area contributed by atoms with Crippen LogP contribution in [-0.2, 0) is 26.2 Å². The molecule has 0 radical (unpaired) electrons. The van der Waals surface area contributed by atoms with E-state index in [0.29, 0.717) is 17.2 Å². The number of aryl methyl sites for hydroxylation is 1. The van der Waals surface area contributed by atoms with Crippen LogP contribution in [0.25, 0.3) is 0 Å². The molecule has 8 nitrogen and oxygen atoms in total. The number of ether oxygens (including phenoxy) is 1. The number of benzene rings is 3. The molecular formula is C32H38ClN3O5S. The zero-order valence-electron chi connectivity index (χ0n) is 24.3. The van der Waals surface area contributed by atoms with Crippen molar-refractivity contribution in [1.29, 1.82) is 0 Å². The Morgan fingerprint density at radius 2 is 1.71 bits per heavy atom. The maximum Gasteiger partial charge on any atom is 0.264 e. The highest BCUT2D eigenvalue weighted by Gasteiger charge is 2.34. The van der Waals surface area contributed by atoms with Gasteiger partial charge in [-0.2, -0.15) is 0 Å². The number of carbonyl (C=O) groups is 2. The molecule has 0 aromatic heterocycles. The van der Waals surface area contributed by atoms with Crippen LogP contribution in [0, 0.1) is 6.92 Å². The second kappa shape index (κ2) is 14.1. The number of hydrogen-bond donors (Lipinski definition) is 1. The Hall–Kier alpha value is -3.56. The van der Waals surface area contributed by atoms with Gasteiger partial charge in [-0.1, -0.05) is 67.3 Å². The second-order valence-electron chi connectivity index (χ2n) is 10.6. The molecule has 0 unspecified atom stereocenters. The van der Waals surface area contributed by atoms with Crippen LogP contribution in [-0.4, -0.2) is 50.9 Å². The number of nitrogens with one attached hydrogen (secondary N) is 1. The molecule has 0 bridgehead atoms. The van der Waals surface area contributed by atoms with Crippen molar-refractivity contribution in [3.8, 4) is 5.75 Å². The summed E-state index contributed by atoms with van der Waals surface area (Å²) in [5.74, 6) is -0.135. The summed E-state index contributed by atoms with van der Waals surface area (Å²) in [4.78, 5) is 29.3. The van der Waals surface area contributed by atoms with Crippen LogP contribution in [0.1, 0.15) is 50.2 Å². The first kappa shape index (κ1) is 31.4. The van der Waals surface area contributed by atoms with Gasteiger partial charge in [0, 0.05) is 17.6 Å². The molecule has 0 aliphatic heterocycles. The molecule has 2 amide bonds. The monoisotopic (exact) mass is 611 g/mol. The lowest BCUT2D eigenvalue weighted by atomic mass is 10.1. The van der Waals surface area contributed by atoms with E-state index in [9.17, 15) is 18.0 Å². The molecular weight excluding hydrogens is 574 g/mol. The van der Waals surface area contributed by atoms with Gasteiger partial charge in [-0.25, -0.2) is 8.42 Å². The van der Waals surface area contributed by atoms with Crippen molar-refractivity contribution in [1.82, 2.24) is 10.2 Å². The number of sulfonamides is 1. The smallest absolute Gasteiger partial charge is 0.264 e. The molecule has 1 atom stereocenters. The summed E-state index contributed by atoms with van der Waals surface area (Å²) in [6.45, 7) is 3.30. The quantitative estimate of drug-likeness (QED) is 0.283. The lowest BCUT2D eigenvalue weighted by molar-refractivity contribution is -0.140. The third-order valence-electron chi connectivity index (χ3n) is 7.56. The van der Waals surface area contributed by atoms with Crippen molar-refractivity contribution in [2.45, 2.75) is 69.5 Å². The topological polar surface area (TPSA) is 96.0 Å². The van der Waals surface area contributed by atoms with Crippen LogP contribution in [0.15, 0.2) is 77.7 Å². The number of hydrogen-bond acceptors (Lipinski definition) is 5. The first-order chi connectivity index (χ1) is 20.1. The number of anilines is 1. The number of methoxy groups -OCH3 is 1. The van der Waals surface area contributed by atoms with Crippen LogP contribution in [0.5, 0.6) is 5.75 Å². The van der Waals surface area contributed by atoms with E-state index in [4.69, 9.17) is 16.3 Å². The van der Waals surface area contributed by atoms with E-state index in [1.165, 1.54) is 23.1 Å². The third kappa shape index (κ3) is 7.63. The summed E-state index contributed by atoms with van der Waals surface area (Å²) >= 11 is 6.25. The minimum atomic E-state index is -4.16. The molecule has 4 rings (SSSR count). The Bertz CT molecular complexity index is 1490. The van der Waals surface area contributed by atoms with E-state index >= 15 is 0 Å². The van der Waals surface area contributed by atoms with E-state index in [-0.39, 0.29) is 29.1 Å². The summed E-state index contributed by atoms with van der Waals surface area (Å²) in [5.41, 5.74) is 1.91. The Balaban J connectivity index is 1.72. The molecule has 1 aliphatic rings. The van der Waals surface area contributed by atoms with Crippen LogP contribution in [0.4, 0.5) is 5.69 Å². The SMILES string of the molecule is CC[C@H](C(=O)NC1CCCC1)N(Cc1cccc(OC)c1)C(=O)CN(c1cccc(Cl)c1)S(=O)(=O)c1ccc(C)cc1. The summed E-state index contributed by atoms with van der Waals surface area (Å²) in [7, 11) is -2.60. The highest BCUT2D eigenvalue weighted by molar-refractivity contribution is 7.92. The molecule has 224 valence electrons. The van der Waals surface area contributed by atoms with Gasteiger partial charge in [-0.3, -0.25) is 13.9 Å². The lowest BCUT2D eigenvalue weighted by Gasteiger charge is -2.34. The zero-order valence-corrected chi connectivity index (χ0v) is 25.8. The fourth-order valence-electron chi connectivity index (χ4n) is 5.25. The van der Waals surface area contributed by atoms with Gasteiger partial charge in [-0.15, -0.1) is 0 Å². The summed E-state index contributed by atoms with van der Waals surface area (Å²) in [6.07, 6.45) is 4.28. The van der Waals surface area contributed by atoms with Crippen LogP contribution in [0.3, 0.4) is 0 Å². The number of nitrogens with zero attached hydrogens (tertiary/aromatic N) is 2. The van der Waals surface area contributed by atoms with Gasteiger partial charge < -0.3 is 15.0 Å². The van der Waals surface area contributed by atoms with Crippen molar-refractivity contribution in [2.75, 3.05) is 18.0 Å². The highest BCUT2D eigenvalue weighted by Crippen LogP contribution is 2.28. The highest BCUT2D eigenvalue weighted by atomic mass is 35.5. The predicted molar refractivity (Wildman–Crippen MR) is 165 cm³/mol. The largest absolute Gasteiger partial charge is 0.497 e. The van der Waals surface area contributed by atoms with E-state index in [0.717, 1.165) is 41.1 Å². The van der Waals surface area contributed by atoms with E-state index in [2.05, 4.69) is 5.32 Å². The molecule has 3 aromatic carbocycles. The lowest BCUT2D eigenvalue weighted by Crippen LogP contribution is -2.53. The van der Waals surface area contributed by atoms with E-state index in [1.54, 1.807) is 49.6 Å². The summed E-state index contributed by atoms with van der Waals surface area (Å²) < 4.78 is 34.4. The van der Waals surface area contributed by atoms with Gasteiger partial charge >= 0.3 is 0 Å². The Morgan fingerprint density at radius 3 is 2.36 bits per heavy atom. The summed E-state index contributed by atoms with van der Waals surface area (Å²) in [6, 6.07) is 19.4. The minimum Gasteiger partial charge on any atom is -0.497 e. The van der Waals surface area contributed by atoms with E-state index in [1.807, 2.05) is 26.0 Å². The average Bonchev–Trinajstić information content (AvgIpc) is 3.49. The zero-order chi connectivity index (χ0) is 30.3. The minimum absolute atomic E-state index is 0.0474. The molecule has 1 fully saturated rings. The maximum atomic E-state index is 14.2. The van der Waals surface area contributed by atoms with Gasteiger partial charge in [0.1, 0.15) is 18.3 Å². The van der Waals surface area contributed by atoms with Gasteiger partial charge in [0.05, 0.1) is 17.7 Å². The van der Waals surface area contributed by atoms with Crippen molar-refractivity contribution in [3.63, 3.8) is 0 Å². The second-order valence-corrected chi connectivity index (χ2v) is 12.9. The number of carbonyl (C=O) groups excluding carboxylic acids is 2. The summed E-state index contributed by atoms with van der Waals surface area (Å²) in [5, 5.41) is 3.45. The molecule has 1 N–H and O–H groups in total. The first-order valence-electron chi connectivity index (χ1n) is 14.2. The van der Waals surface area contributed by atoms with Crippen LogP contribution < -0.4 is 14.4 Å². The fraction of sp³-hybridized carbons (Fsp3) is 0.375. The Morgan fingerprint density at radius 1 is 1.02 bits per heavy atom. The van der Waals surface area contributed by atoms with Crippen LogP contribution >= 0.6 is 11.6 Å². The van der Waals surface area contributed by atoms with Gasteiger partial charge in [0.2, 0.25) is 11.8 Å². The fourth-order valence-corrected chi connectivity index (χ4v) is 6.84. The van der Waals surface area contributed by atoms with Gasteiger partial charge in [-0.05, 0) is 74.2 Å². The Kier molecular flexibility index (Phi) is 10.5. The molecule has 3 aromatic rings. The van der Waals surface area contributed by atoms with Gasteiger partial charge in [0.25, 0.3) is 10.0 Å². The van der Waals surface area contributed by atoms with Crippen LogP contribution in [0.2, 0.25) is 5.02 Å². The molecule has 0 saturated heterocycles. The first-order valence-corrected chi connectivity index (χ1v) is 16.0. The van der Waals surface area contributed by atoms with Gasteiger partial charge in [0.15, 0.2) is 0 Å². The number of halogens is 1. The molecule has 10 heteroatoms. The molecule has 42 heavy (non-hydrogen) atoms. The standard InChI is InChI=1S/C32H38ClN3O5S/c1-4-30(32(38)34-26-11-5-6-12-26)35(21-24-9-7-14-28(19-24)41-3)31(37)22-36(27-13-8-10-25(33)20-27)42(39,40)29-17-15-23(2)16-18-29/h7-10,13-20,26,30H,4-6,11-12,21-22H2,1-3H3,(H,34,38)/t30-/m1/s1.